The number of benzene rings is 1. The number of guanidine groups is 1. The Morgan fingerprint density at radius 1 is 1.14 bits per heavy atom. The number of carbonyl (C=O) groups excluding carboxylic acids is 1. The van der Waals surface area contributed by atoms with Crippen molar-refractivity contribution in [2.75, 3.05) is 45.9 Å². The van der Waals surface area contributed by atoms with Gasteiger partial charge in [0.05, 0.1) is 19.8 Å². The van der Waals surface area contributed by atoms with Gasteiger partial charge in [-0.25, -0.2) is 4.99 Å². The molecule has 0 atom stereocenters. The highest BCUT2D eigenvalue weighted by molar-refractivity contribution is 5.94. The predicted octanol–water partition coefficient (Wildman–Crippen LogP) is 1.60. The molecule has 0 spiro atoms. The number of rotatable bonds is 8. The first-order chi connectivity index (χ1) is 13.5. The molecular formula is C21H35N5O2. The zero-order valence-electron chi connectivity index (χ0n) is 17.7. The standard InChI is InChI=1S/C21H35N5O2/c1-5-22-19(27)18-9-7-8-17(14-18)15-24-20(23-6-2)25-16-21(3,4)26-10-12-28-13-11-26/h7-9,14H,5-6,10-13,15-16H2,1-4H3,(H,22,27)(H2,23,24,25). The topological polar surface area (TPSA) is 78.0 Å². The van der Waals surface area contributed by atoms with Gasteiger partial charge in [0.1, 0.15) is 0 Å². The van der Waals surface area contributed by atoms with Crippen LogP contribution in [0.15, 0.2) is 29.3 Å². The average Bonchev–Trinajstić information content (AvgIpc) is 2.71. The maximum Gasteiger partial charge on any atom is 0.251 e. The number of ether oxygens (including phenoxy) is 1. The van der Waals surface area contributed by atoms with E-state index in [0.29, 0.717) is 18.7 Å². The van der Waals surface area contributed by atoms with E-state index in [1.807, 2.05) is 31.2 Å². The number of hydrogen-bond donors (Lipinski definition) is 3. The van der Waals surface area contributed by atoms with E-state index in [2.05, 4.69) is 41.6 Å². The molecule has 156 valence electrons. The first-order valence-electron chi connectivity index (χ1n) is 10.2. The molecule has 28 heavy (non-hydrogen) atoms. The van der Waals surface area contributed by atoms with Gasteiger partial charge in [-0.05, 0) is 45.4 Å². The zero-order valence-corrected chi connectivity index (χ0v) is 17.7. The molecule has 0 unspecified atom stereocenters. The van der Waals surface area contributed by atoms with E-state index in [1.165, 1.54) is 0 Å². The number of carbonyl (C=O) groups is 1. The summed E-state index contributed by atoms with van der Waals surface area (Å²) in [6, 6.07) is 7.62. The van der Waals surface area contributed by atoms with Gasteiger partial charge < -0.3 is 20.7 Å². The molecule has 1 aliphatic rings. The lowest BCUT2D eigenvalue weighted by Crippen LogP contribution is -2.56. The van der Waals surface area contributed by atoms with Crippen molar-refractivity contribution in [3.63, 3.8) is 0 Å². The van der Waals surface area contributed by atoms with E-state index in [-0.39, 0.29) is 11.4 Å². The largest absolute Gasteiger partial charge is 0.379 e. The molecule has 0 radical (unpaired) electrons. The van der Waals surface area contributed by atoms with E-state index >= 15 is 0 Å². The van der Waals surface area contributed by atoms with Crippen molar-refractivity contribution < 1.29 is 9.53 Å². The normalized spacial score (nSPS) is 15.9. The molecule has 0 bridgehead atoms. The third-order valence-electron chi connectivity index (χ3n) is 4.85. The van der Waals surface area contributed by atoms with Crippen molar-refractivity contribution in [3.05, 3.63) is 35.4 Å². The summed E-state index contributed by atoms with van der Waals surface area (Å²) in [7, 11) is 0. The highest BCUT2D eigenvalue weighted by atomic mass is 16.5. The minimum absolute atomic E-state index is 0.0120. The number of hydrogen-bond acceptors (Lipinski definition) is 4. The van der Waals surface area contributed by atoms with Crippen LogP contribution in [-0.2, 0) is 11.3 Å². The van der Waals surface area contributed by atoms with Gasteiger partial charge in [0, 0.05) is 43.8 Å². The maximum atomic E-state index is 12.0. The molecule has 1 aromatic rings. The van der Waals surface area contributed by atoms with Crippen molar-refractivity contribution in [2.45, 2.75) is 39.8 Å². The van der Waals surface area contributed by atoms with Crippen LogP contribution in [0.3, 0.4) is 0 Å². The van der Waals surface area contributed by atoms with E-state index in [9.17, 15) is 4.79 Å². The SMILES string of the molecule is CCNC(=O)c1cccc(CN=C(NCC)NCC(C)(C)N2CCOCC2)c1. The molecular weight excluding hydrogens is 354 g/mol. The summed E-state index contributed by atoms with van der Waals surface area (Å²) in [5.41, 5.74) is 1.69. The van der Waals surface area contributed by atoms with Crippen LogP contribution in [0.5, 0.6) is 0 Å². The van der Waals surface area contributed by atoms with Crippen LogP contribution in [0.25, 0.3) is 0 Å². The van der Waals surface area contributed by atoms with E-state index in [1.54, 1.807) is 0 Å². The molecule has 0 aromatic heterocycles. The molecule has 7 nitrogen and oxygen atoms in total. The molecule has 1 aromatic carbocycles. The van der Waals surface area contributed by atoms with E-state index < -0.39 is 0 Å². The summed E-state index contributed by atoms with van der Waals surface area (Å²) in [6.45, 7) is 14.7. The fourth-order valence-corrected chi connectivity index (χ4v) is 3.17. The van der Waals surface area contributed by atoms with E-state index in [0.717, 1.165) is 50.9 Å². The number of morpholine rings is 1. The molecule has 2 rings (SSSR count). The van der Waals surface area contributed by atoms with Crippen molar-refractivity contribution >= 4 is 11.9 Å². The Bertz CT molecular complexity index is 654. The summed E-state index contributed by atoms with van der Waals surface area (Å²) < 4.78 is 5.46. The minimum Gasteiger partial charge on any atom is -0.379 e. The predicted molar refractivity (Wildman–Crippen MR) is 114 cm³/mol. The number of amides is 1. The molecule has 1 fully saturated rings. The van der Waals surface area contributed by atoms with Crippen molar-refractivity contribution in [1.82, 2.24) is 20.9 Å². The third-order valence-corrected chi connectivity index (χ3v) is 4.85. The number of nitrogens with zero attached hydrogens (tertiary/aromatic N) is 2. The van der Waals surface area contributed by atoms with Crippen LogP contribution in [-0.4, -0.2) is 68.2 Å². The summed E-state index contributed by atoms with van der Waals surface area (Å²) in [5.74, 6) is 0.734. The van der Waals surface area contributed by atoms with Crippen molar-refractivity contribution in [2.24, 2.45) is 4.99 Å². The van der Waals surface area contributed by atoms with Gasteiger partial charge in [-0.3, -0.25) is 9.69 Å². The van der Waals surface area contributed by atoms with Crippen LogP contribution in [0.4, 0.5) is 0 Å². The Labute approximate surface area is 168 Å². The molecule has 3 N–H and O–H groups in total. The first kappa shape index (κ1) is 22.2. The van der Waals surface area contributed by atoms with Gasteiger partial charge in [0.15, 0.2) is 5.96 Å². The fraction of sp³-hybridized carbons (Fsp3) is 0.619. The van der Waals surface area contributed by atoms with Gasteiger partial charge in [0.25, 0.3) is 5.91 Å². The van der Waals surface area contributed by atoms with Gasteiger partial charge >= 0.3 is 0 Å². The van der Waals surface area contributed by atoms with Crippen LogP contribution in [0.1, 0.15) is 43.6 Å². The average molecular weight is 390 g/mol. The molecule has 7 heteroatoms. The Kier molecular flexibility index (Phi) is 8.73. The molecule has 1 heterocycles. The maximum absolute atomic E-state index is 12.0. The van der Waals surface area contributed by atoms with Crippen molar-refractivity contribution in [1.29, 1.82) is 0 Å². The lowest BCUT2D eigenvalue weighted by atomic mass is 10.0. The molecule has 0 aliphatic carbocycles. The Hall–Kier alpha value is -2.12. The Morgan fingerprint density at radius 3 is 2.54 bits per heavy atom. The molecule has 1 saturated heterocycles. The van der Waals surface area contributed by atoms with Crippen LogP contribution in [0.2, 0.25) is 0 Å². The number of nitrogens with one attached hydrogen (secondary N) is 3. The fourth-order valence-electron chi connectivity index (χ4n) is 3.17. The monoisotopic (exact) mass is 389 g/mol. The smallest absolute Gasteiger partial charge is 0.251 e. The zero-order chi connectivity index (χ0) is 20.4. The first-order valence-corrected chi connectivity index (χ1v) is 10.2. The lowest BCUT2D eigenvalue weighted by molar-refractivity contribution is -0.00834. The highest BCUT2D eigenvalue weighted by Gasteiger charge is 2.28. The molecule has 1 amide bonds. The van der Waals surface area contributed by atoms with Gasteiger partial charge in [-0.1, -0.05) is 12.1 Å². The Morgan fingerprint density at radius 2 is 1.86 bits per heavy atom. The third kappa shape index (κ3) is 6.80. The van der Waals surface area contributed by atoms with Crippen LogP contribution >= 0.6 is 0 Å². The molecule has 1 aliphatic heterocycles. The summed E-state index contributed by atoms with van der Waals surface area (Å²) in [6.07, 6.45) is 0. The molecule has 0 saturated carbocycles. The number of aliphatic imine (C=N–C) groups is 1. The quantitative estimate of drug-likeness (QED) is 0.465. The van der Waals surface area contributed by atoms with Crippen LogP contribution < -0.4 is 16.0 Å². The summed E-state index contributed by atoms with van der Waals surface area (Å²) in [4.78, 5) is 19.2. The summed E-state index contributed by atoms with van der Waals surface area (Å²) in [5, 5.41) is 9.60. The van der Waals surface area contributed by atoms with Crippen LogP contribution in [0, 0.1) is 0 Å². The highest BCUT2D eigenvalue weighted by Crippen LogP contribution is 2.15. The second-order valence-electron chi connectivity index (χ2n) is 7.52. The summed E-state index contributed by atoms with van der Waals surface area (Å²) >= 11 is 0. The second-order valence-corrected chi connectivity index (χ2v) is 7.52. The van der Waals surface area contributed by atoms with Gasteiger partial charge in [-0.2, -0.15) is 0 Å². The van der Waals surface area contributed by atoms with Gasteiger partial charge in [-0.15, -0.1) is 0 Å². The van der Waals surface area contributed by atoms with E-state index in [4.69, 9.17) is 9.73 Å². The minimum atomic E-state index is -0.0504. The lowest BCUT2D eigenvalue weighted by Gasteiger charge is -2.41. The van der Waals surface area contributed by atoms with Crippen molar-refractivity contribution in [3.8, 4) is 0 Å². The Balaban J connectivity index is 1.98. The second kappa shape index (κ2) is 11.0. The van der Waals surface area contributed by atoms with Gasteiger partial charge in [0.2, 0.25) is 0 Å².